The van der Waals surface area contributed by atoms with Gasteiger partial charge in [-0.2, -0.15) is 0 Å². The minimum absolute atomic E-state index is 0.103. The Hall–Kier alpha value is -2.24. The molecule has 0 aromatic heterocycles. The van der Waals surface area contributed by atoms with Gasteiger partial charge in [0.1, 0.15) is 0 Å². The van der Waals surface area contributed by atoms with E-state index in [0.29, 0.717) is 24.5 Å². The van der Waals surface area contributed by atoms with Crippen molar-refractivity contribution in [3.63, 3.8) is 0 Å². The molecule has 0 bridgehead atoms. The van der Waals surface area contributed by atoms with E-state index >= 15 is 0 Å². The van der Waals surface area contributed by atoms with E-state index in [-0.39, 0.29) is 12.5 Å². The molecular weight excluding hydrogens is 262 g/mol. The second-order valence-electron chi connectivity index (χ2n) is 4.60. The predicted molar refractivity (Wildman–Crippen MR) is 69.7 cm³/mol. The van der Waals surface area contributed by atoms with Gasteiger partial charge in [0.2, 0.25) is 5.91 Å². The number of carbonyl (C=O) groups excluding carboxylic acids is 2. The van der Waals surface area contributed by atoms with Crippen LogP contribution in [0.25, 0.3) is 0 Å². The number of carbonyl (C=O) groups is 2. The molecule has 0 saturated carbocycles. The van der Waals surface area contributed by atoms with Crippen LogP contribution in [0.5, 0.6) is 11.5 Å². The van der Waals surface area contributed by atoms with E-state index in [2.05, 4.69) is 0 Å². The Morgan fingerprint density at radius 3 is 2.90 bits per heavy atom. The Morgan fingerprint density at radius 1 is 1.40 bits per heavy atom. The average molecular weight is 277 g/mol. The van der Waals surface area contributed by atoms with Crippen molar-refractivity contribution in [1.29, 1.82) is 0 Å². The largest absolute Gasteiger partial charge is 0.460 e. The third-order valence-corrected chi connectivity index (χ3v) is 3.26. The monoisotopic (exact) mass is 277 g/mol. The number of esters is 1. The molecule has 20 heavy (non-hydrogen) atoms. The maximum absolute atomic E-state index is 11.7. The molecule has 0 N–H and O–H groups in total. The van der Waals surface area contributed by atoms with E-state index in [1.807, 2.05) is 0 Å². The van der Waals surface area contributed by atoms with E-state index in [9.17, 15) is 9.59 Å². The number of hydrogen-bond donors (Lipinski definition) is 0. The molecule has 0 aliphatic carbocycles. The fourth-order valence-corrected chi connectivity index (χ4v) is 2.34. The topological polar surface area (TPSA) is 65.1 Å². The normalized spacial score (nSPS) is 20.4. The van der Waals surface area contributed by atoms with Gasteiger partial charge in [0.25, 0.3) is 0 Å². The number of fused-ring (bicyclic) bond motifs is 1. The zero-order valence-electron chi connectivity index (χ0n) is 11.1. The van der Waals surface area contributed by atoms with Crippen LogP contribution < -0.4 is 14.4 Å². The quantitative estimate of drug-likeness (QED) is 0.783. The summed E-state index contributed by atoms with van der Waals surface area (Å²) < 4.78 is 15.6. The average Bonchev–Trinajstić information content (AvgIpc) is 3.03. The molecule has 2 aliphatic rings. The lowest BCUT2D eigenvalue weighted by Gasteiger charge is -2.15. The third kappa shape index (κ3) is 2.17. The summed E-state index contributed by atoms with van der Waals surface area (Å²) in [4.78, 5) is 25.0. The van der Waals surface area contributed by atoms with Crippen molar-refractivity contribution in [1.82, 2.24) is 0 Å². The van der Waals surface area contributed by atoms with Crippen molar-refractivity contribution < 1.29 is 23.8 Å². The van der Waals surface area contributed by atoms with E-state index in [1.165, 1.54) is 0 Å². The molecule has 1 unspecified atom stereocenters. The second-order valence-corrected chi connectivity index (χ2v) is 4.60. The fraction of sp³-hybridized carbons (Fsp3) is 0.429. The molecule has 6 nitrogen and oxygen atoms in total. The van der Waals surface area contributed by atoms with Crippen LogP contribution in [0.1, 0.15) is 19.8 Å². The summed E-state index contributed by atoms with van der Waals surface area (Å²) >= 11 is 0. The summed E-state index contributed by atoms with van der Waals surface area (Å²) in [7, 11) is 0. The summed E-state index contributed by atoms with van der Waals surface area (Å²) in [5, 5.41) is 0. The molecule has 6 heteroatoms. The number of rotatable bonds is 3. The number of amides is 1. The lowest BCUT2D eigenvalue weighted by atomic mass is 10.2. The predicted octanol–water partition coefficient (Wildman–Crippen LogP) is 1.47. The minimum Gasteiger partial charge on any atom is -0.460 e. The third-order valence-electron chi connectivity index (χ3n) is 3.26. The highest BCUT2D eigenvalue weighted by Crippen LogP contribution is 2.38. The molecule has 1 aromatic carbocycles. The van der Waals surface area contributed by atoms with Crippen LogP contribution in [0.2, 0.25) is 0 Å². The van der Waals surface area contributed by atoms with Gasteiger partial charge in [0.05, 0.1) is 6.61 Å². The first kappa shape index (κ1) is 12.8. The van der Waals surface area contributed by atoms with Gasteiger partial charge in [-0.05, 0) is 25.5 Å². The Labute approximate surface area is 116 Å². The van der Waals surface area contributed by atoms with E-state index in [0.717, 1.165) is 12.1 Å². The number of hydrogen-bond acceptors (Lipinski definition) is 5. The van der Waals surface area contributed by atoms with Crippen LogP contribution in [-0.4, -0.2) is 31.3 Å². The van der Waals surface area contributed by atoms with Gasteiger partial charge in [-0.3, -0.25) is 4.79 Å². The smallest absolute Gasteiger partial charge is 0.389 e. The maximum Gasteiger partial charge on any atom is 0.389 e. The zero-order valence-corrected chi connectivity index (χ0v) is 11.1. The molecule has 1 saturated heterocycles. The number of benzene rings is 1. The molecule has 1 atom stereocenters. The van der Waals surface area contributed by atoms with Crippen LogP contribution in [0, 0.1) is 0 Å². The van der Waals surface area contributed by atoms with Crippen LogP contribution in [0.3, 0.4) is 0 Å². The minimum atomic E-state index is -1.06. The Bertz CT molecular complexity index is 556. The summed E-state index contributed by atoms with van der Waals surface area (Å²) in [5.74, 6) is 0.493. The summed E-state index contributed by atoms with van der Waals surface area (Å²) in [5.41, 5.74) is 0.763. The van der Waals surface area contributed by atoms with Crippen LogP contribution in [-0.2, 0) is 14.3 Å². The van der Waals surface area contributed by atoms with Gasteiger partial charge in [0.15, 0.2) is 11.5 Å². The highest BCUT2D eigenvalue weighted by Gasteiger charge is 2.33. The first-order valence-corrected chi connectivity index (χ1v) is 6.63. The number of ether oxygens (including phenoxy) is 3. The molecule has 106 valence electrons. The van der Waals surface area contributed by atoms with Gasteiger partial charge in [-0.25, -0.2) is 4.79 Å². The molecular formula is C14H15NO5. The SMILES string of the molecule is CCOC(=O)C1Oc2ccc(N3CCCC3=O)cc2O1. The number of anilines is 1. The van der Waals surface area contributed by atoms with Crippen molar-refractivity contribution in [2.24, 2.45) is 0 Å². The first-order valence-electron chi connectivity index (χ1n) is 6.63. The lowest BCUT2D eigenvalue weighted by Crippen LogP contribution is -2.30. The van der Waals surface area contributed by atoms with Crippen molar-refractivity contribution in [2.75, 3.05) is 18.1 Å². The van der Waals surface area contributed by atoms with Gasteiger partial charge >= 0.3 is 12.3 Å². The zero-order chi connectivity index (χ0) is 14.1. The summed E-state index contributed by atoms with van der Waals surface area (Å²) in [6.07, 6.45) is 0.369. The van der Waals surface area contributed by atoms with Crippen molar-refractivity contribution in [3.8, 4) is 11.5 Å². The maximum atomic E-state index is 11.7. The van der Waals surface area contributed by atoms with Crippen LogP contribution >= 0.6 is 0 Å². The lowest BCUT2D eigenvalue weighted by molar-refractivity contribution is -0.161. The highest BCUT2D eigenvalue weighted by molar-refractivity contribution is 5.95. The molecule has 2 aliphatic heterocycles. The summed E-state index contributed by atoms with van der Waals surface area (Å²) in [6, 6.07) is 5.21. The second kappa shape index (κ2) is 5.03. The fourth-order valence-electron chi connectivity index (χ4n) is 2.34. The Balaban J connectivity index is 1.78. The van der Waals surface area contributed by atoms with Gasteiger partial charge in [-0.15, -0.1) is 0 Å². The van der Waals surface area contributed by atoms with Gasteiger partial charge in [-0.1, -0.05) is 0 Å². The highest BCUT2D eigenvalue weighted by atomic mass is 16.7. The molecule has 1 fully saturated rings. The number of nitrogens with zero attached hydrogens (tertiary/aromatic N) is 1. The standard InChI is InChI=1S/C14H15NO5/c1-2-18-13(17)14-19-10-6-5-9(8-11(10)20-14)15-7-3-4-12(15)16/h5-6,8,14H,2-4,7H2,1H3. The van der Waals surface area contributed by atoms with Crippen molar-refractivity contribution in [2.45, 2.75) is 26.1 Å². The first-order chi connectivity index (χ1) is 9.69. The van der Waals surface area contributed by atoms with Gasteiger partial charge < -0.3 is 19.1 Å². The molecule has 2 heterocycles. The van der Waals surface area contributed by atoms with Crippen molar-refractivity contribution >= 4 is 17.6 Å². The van der Waals surface area contributed by atoms with E-state index in [4.69, 9.17) is 14.2 Å². The molecule has 3 rings (SSSR count). The molecule has 1 amide bonds. The molecule has 0 spiro atoms. The van der Waals surface area contributed by atoms with Crippen molar-refractivity contribution in [3.05, 3.63) is 18.2 Å². The van der Waals surface area contributed by atoms with E-state index in [1.54, 1.807) is 30.0 Å². The van der Waals surface area contributed by atoms with E-state index < -0.39 is 12.3 Å². The molecule has 1 aromatic rings. The summed E-state index contributed by atoms with van der Waals surface area (Å²) in [6.45, 7) is 2.70. The van der Waals surface area contributed by atoms with Crippen LogP contribution in [0.15, 0.2) is 18.2 Å². The van der Waals surface area contributed by atoms with Crippen LogP contribution in [0.4, 0.5) is 5.69 Å². The Morgan fingerprint density at radius 2 is 2.20 bits per heavy atom. The molecule has 0 radical (unpaired) electrons. The van der Waals surface area contributed by atoms with Gasteiger partial charge in [0, 0.05) is 24.7 Å². The Kier molecular flexibility index (Phi) is 3.22.